The van der Waals surface area contributed by atoms with E-state index in [1.807, 2.05) is 30.3 Å². The van der Waals surface area contributed by atoms with Crippen molar-refractivity contribution in [1.29, 1.82) is 0 Å². The SMILES string of the molecule is Nc1coc(-c2ccc(-c3c(C(=O)c4ccc(O)cc4)sc4cc(O)ccc34)cc2)n1. The molecule has 0 bridgehead atoms. The van der Waals surface area contributed by atoms with Gasteiger partial charge in [-0.2, -0.15) is 4.98 Å². The number of hydrogen-bond acceptors (Lipinski definition) is 7. The number of nitrogens with two attached hydrogens (primary N) is 1. The number of hydrogen-bond donors (Lipinski definition) is 3. The van der Waals surface area contributed by atoms with Crippen LogP contribution in [-0.2, 0) is 0 Å². The molecule has 2 aromatic heterocycles. The molecule has 5 aromatic rings. The zero-order valence-corrected chi connectivity index (χ0v) is 16.9. The number of phenols is 2. The highest BCUT2D eigenvalue weighted by Crippen LogP contribution is 2.41. The van der Waals surface area contributed by atoms with Crippen molar-refractivity contribution >= 4 is 33.0 Å². The molecule has 0 aliphatic heterocycles. The maximum absolute atomic E-state index is 13.3. The molecular weight excluding hydrogens is 412 g/mol. The number of anilines is 1. The van der Waals surface area contributed by atoms with Crippen molar-refractivity contribution in [2.24, 2.45) is 0 Å². The second kappa shape index (κ2) is 7.30. The van der Waals surface area contributed by atoms with Crippen molar-refractivity contribution in [1.82, 2.24) is 4.98 Å². The van der Waals surface area contributed by atoms with Crippen LogP contribution < -0.4 is 5.73 Å². The van der Waals surface area contributed by atoms with Crippen LogP contribution in [0.25, 0.3) is 32.7 Å². The minimum Gasteiger partial charge on any atom is -0.508 e. The average molecular weight is 428 g/mol. The van der Waals surface area contributed by atoms with Crippen LogP contribution in [0.2, 0.25) is 0 Å². The summed E-state index contributed by atoms with van der Waals surface area (Å²) >= 11 is 1.32. The van der Waals surface area contributed by atoms with E-state index in [0.717, 1.165) is 26.8 Å². The van der Waals surface area contributed by atoms with Crippen LogP contribution in [0.1, 0.15) is 15.2 Å². The molecule has 7 heteroatoms. The molecule has 0 atom stereocenters. The number of ketones is 1. The predicted octanol–water partition coefficient (Wildman–Crippen LogP) is 5.45. The van der Waals surface area contributed by atoms with Crippen LogP contribution in [-0.4, -0.2) is 21.0 Å². The van der Waals surface area contributed by atoms with Gasteiger partial charge in [0.25, 0.3) is 0 Å². The number of aromatic nitrogens is 1. The molecule has 4 N–H and O–H groups in total. The summed E-state index contributed by atoms with van der Waals surface area (Å²) in [5.41, 5.74) is 8.52. The van der Waals surface area contributed by atoms with E-state index in [9.17, 15) is 15.0 Å². The molecule has 0 unspecified atom stereocenters. The first-order valence-corrected chi connectivity index (χ1v) is 10.2. The molecule has 3 aromatic carbocycles. The Kier molecular flexibility index (Phi) is 4.45. The van der Waals surface area contributed by atoms with Crippen molar-refractivity contribution in [3.63, 3.8) is 0 Å². The normalized spacial score (nSPS) is 11.1. The first kappa shape index (κ1) is 18.9. The van der Waals surface area contributed by atoms with E-state index in [0.29, 0.717) is 22.1 Å². The maximum atomic E-state index is 13.3. The number of nitrogens with zero attached hydrogens (tertiary/aromatic N) is 1. The fraction of sp³-hybridized carbons (Fsp3) is 0. The molecule has 152 valence electrons. The smallest absolute Gasteiger partial charge is 0.227 e. The first-order valence-electron chi connectivity index (χ1n) is 9.40. The van der Waals surface area contributed by atoms with Crippen molar-refractivity contribution in [3.8, 4) is 34.1 Å². The molecule has 0 aliphatic rings. The van der Waals surface area contributed by atoms with Crippen molar-refractivity contribution in [2.75, 3.05) is 5.73 Å². The Morgan fingerprint density at radius 1 is 0.903 bits per heavy atom. The molecule has 5 rings (SSSR count). The quantitative estimate of drug-likeness (QED) is 0.329. The molecule has 0 radical (unpaired) electrons. The van der Waals surface area contributed by atoms with Crippen LogP contribution >= 0.6 is 11.3 Å². The monoisotopic (exact) mass is 428 g/mol. The summed E-state index contributed by atoms with van der Waals surface area (Å²) in [4.78, 5) is 18.0. The molecule has 0 aliphatic carbocycles. The van der Waals surface area contributed by atoms with Crippen molar-refractivity contribution in [3.05, 3.63) is 83.4 Å². The van der Waals surface area contributed by atoms with E-state index in [2.05, 4.69) is 4.98 Å². The van der Waals surface area contributed by atoms with Gasteiger partial charge in [-0.25, -0.2) is 0 Å². The number of aromatic hydroxyl groups is 2. The van der Waals surface area contributed by atoms with Crippen LogP contribution in [0.3, 0.4) is 0 Å². The number of carbonyl (C=O) groups is 1. The number of carbonyl (C=O) groups excluding carboxylic acids is 1. The Morgan fingerprint density at radius 3 is 2.26 bits per heavy atom. The van der Waals surface area contributed by atoms with Gasteiger partial charge in [-0.05, 0) is 60.2 Å². The lowest BCUT2D eigenvalue weighted by molar-refractivity contribution is 0.104. The van der Waals surface area contributed by atoms with E-state index < -0.39 is 0 Å². The largest absolute Gasteiger partial charge is 0.508 e. The number of thiophene rings is 1. The average Bonchev–Trinajstić information content (AvgIpc) is 3.37. The highest BCUT2D eigenvalue weighted by atomic mass is 32.1. The Bertz CT molecular complexity index is 1420. The third kappa shape index (κ3) is 3.41. The Hall–Kier alpha value is -4.10. The van der Waals surface area contributed by atoms with Gasteiger partial charge in [-0.3, -0.25) is 4.79 Å². The maximum Gasteiger partial charge on any atom is 0.227 e. The fourth-order valence-electron chi connectivity index (χ4n) is 3.47. The molecule has 0 amide bonds. The summed E-state index contributed by atoms with van der Waals surface area (Å²) in [6, 6.07) is 18.8. The highest BCUT2D eigenvalue weighted by Gasteiger charge is 2.21. The third-order valence-corrected chi connectivity index (χ3v) is 6.10. The van der Waals surface area contributed by atoms with E-state index in [1.165, 1.54) is 29.7 Å². The highest BCUT2D eigenvalue weighted by molar-refractivity contribution is 7.21. The lowest BCUT2D eigenvalue weighted by Crippen LogP contribution is -2.00. The summed E-state index contributed by atoms with van der Waals surface area (Å²) < 4.78 is 6.16. The number of oxazole rings is 1. The number of fused-ring (bicyclic) bond motifs is 1. The topological polar surface area (TPSA) is 110 Å². The zero-order chi connectivity index (χ0) is 21.5. The second-order valence-corrected chi connectivity index (χ2v) is 8.07. The van der Waals surface area contributed by atoms with E-state index in [-0.39, 0.29) is 17.3 Å². The Labute approximate surface area is 180 Å². The fourth-order valence-corrected chi connectivity index (χ4v) is 4.69. The van der Waals surface area contributed by atoms with Crippen LogP contribution in [0.5, 0.6) is 11.5 Å². The van der Waals surface area contributed by atoms with Crippen molar-refractivity contribution < 1.29 is 19.4 Å². The van der Waals surface area contributed by atoms with Gasteiger partial charge in [0.2, 0.25) is 11.7 Å². The van der Waals surface area contributed by atoms with Gasteiger partial charge in [0.05, 0.1) is 4.88 Å². The van der Waals surface area contributed by atoms with Crippen LogP contribution in [0.15, 0.2) is 77.4 Å². The van der Waals surface area contributed by atoms with Gasteiger partial charge in [-0.15, -0.1) is 11.3 Å². The lowest BCUT2D eigenvalue weighted by atomic mass is 9.97. The lowest BCUT2D eigenvalue weighted by Gasteiger charge is -2.06. The molecular formula is C24H16N2O4S. The molecule has 2 heterocycles. The Balaban J connectivity index is 1.65. The van der Waals surface area contributed by atoms with Crippen molar-refractivity contribution in [2.45, 2.75) is 0 Å². The van der Waals surface area contributed by atoms with Gasteiger partial charge >= 0.3 is 0 Å². The summed E-state index contributed by atoms with van der Waals surface area (Å²) in [6.07, 6.45) is 1.39. The third-order valence-electron chi connectivity index (χ3n) is 4.95. The van der Waals surface area contributed by atoms with Gasteiger partial charge < -0.3 is 20.4 Å². The molecule has 31 heavy (non-hydrogen) atoms. The van der Waals surface area contributed by atoms with Crippen LogP contribution in [0, 0.1) is 0 Å². The van der Waals surface area contributed by atoms with Gasteiger partial charge in [-0.1, -0.05) is 12.1 Å². The molecule has 0 saturated heterocycles. The second-order valence-electron chi connectivity index (χ2n) is 7.02. The summed E-state index contributed by atoms with van der Waals surface area (Å²) in [5, 5.41) is 20.3. The minimum absolute atomic E-state index is 0.0980. The molecule has 0 spiro atoms. The van der Waals surface area contributed by atoms with E-state index in [1.54, 1.807) is 24.3 Å². The number of phenolic OH excluding ortho intramolecular Hbond substituents is 2. The summed E-state index contributed by atoms with van der Waals surface area (Å²) in [5.74, 6) is 0.816. The first-order chi connectivity index (χ1) is 15.0. The number of nitrogen functional groups attached to an aromatic ring is 1. The van der Waals surface area contributed by atoms with E-state index in [4.69, 9.17) is 10.2 Å². The zero-order valence-electron chi connectivity index (χ0n) is 16.1. The summed E-state index contributed by atoms with van der Waals surface area (Å²) in [6.45, 7) is 0. The van der Waals surface area contributed by atoms with Gasteiger partial charge in [0.15, 0.2) is 5.82 Å². The minimum atomic E-state index is -0.153. The number of rotatable bonds is 4. The van der Waals surface area contributed by atoms with Crippen LogP contribution in [0.4, 0.5) is 5.82 Å². The summed E-state index contributed by atoms with van der Waals surface area (Å²) in [7, 11) is 0. The molecule has 0 saturated carbocycles. The predicted molar refractivity (Wildman–Crippen MR) is 120 cm³/mol. The Morgan fingerprint density at radius 2 is 1.58 bits per heavy atom. The van der Waals surface area contributed by atoms with Gasteiger partial charge in [0, 0.05) is 26.8 Å². The molecule has 0 fully saturated rings. The number of benzene rings is 3. The van der Waals surface area contributed by atoms with Gasteiger partial charge in [0.1, 0.15) is 17.8 Å². The van der Waals surface area contributed by atoms with E-state index >= 15 is 0 Å². The molecule has 6 nitrogen and oxygen atoms in total. The standard InChI is InChI=1S/C24H16N2O4S/c25-20-12-30-24(26-20)15-3-1-13(2-4-15)21-18-10-9-17(28)11-19(18)31-23(21)22(29)14-5-7-16(27)8-6-14/h1-12,27-28H,25H2.